The van der Waals surface area contributed by atoms with Crippen LogP contribution < -0.4 is 0 Å². The summed E-state index contributed by atoms with van der Waals surface area (Å²) in [6.45, 7) is 1.62. The van der Waals surface area contributed by atoms with Gasteiger partial charge in [0, 0.05) is 17.7 Å². The van der Waals surface area contributed by atoms with Gasteiger partial charge in [-0.05, 0) is 19.1 Å². The zero-order valence-corrected chi connectivity index (χ0v) is 9.61. The summed E-state index contributed by atoms with van der Waals surface area (Å²) in [4.78, 5) is 14.1. The summed E-state index contributed by atoms with van der Waals surface area (Å²) >= 11 is 0. The van der Waals surface area contributed by atoms with Crippen molar-refractivity contribution < 1.29 is 14.6 Å². The van der Waals surface area contributed by atoms with E-state index in [0.717, 1.165) is 0 Å². The molecule has 1 aromatic heterocycles. The van der Waals surface area contributed by atoms with Crippen molar-refractivity contribution in [3.05, 3.63) is 40.3 Å². The predicted molar refractivity (Wildman–Crippen MR) is 61.8 cm³/mol. The lowest BCUT2D eigenvalue weighted by Crippen LogP contribution is -2.04. The van der Waals surface area contributed by atoms with Crippen molar-refractivity contribution in [3.63, 3.8) is 0 Å². The predicted octanol–water partition coefficient (Wildman–Crippen LogP) is 1.57. The molecule has 0 aliphatic heterocycles. The van der Waals surface area contributed by atoms with Crippen LogP contribution in [0.5, 0.6) is 0 Å². The molecule has 94 valence electrons. The average molecular weight is 249 g/mol. The highest BCUT2D eigenvalue weighted by molar-refractivity contribution is 5.56. The van der Waals surface area contributed by atoms with Crippen molar-refractivity contribution in [2.75, 3.05) is 0 Å². The fourth-order valence-corrected chi connectivity index (χ4v) is 1.44. The third kappa shape index (κ3) is 2.69. The maximum absolute atomic E-state index is 10.5. The molecule has 1 aromatic carbocycles. The molecule has 18 heavy (non-hydrogen) atoms. The van der Waals surface area contributed by atoms with Crippen LogP contribution in [0.4, 0.5) is 5.69 Å². The lowest BCUT2D eigenvalue weighted by atomic mass is 10.2. The van der Waals surface area contributed by atoms with E-state index in [9.17, 15) is 15.2 Å². The summed E-state index contributed by atoms with van der Waals surface area (Å²) in [6.07, 6.45) is -0.282. The van der Waals surface area contributed by atoms with Gasteiger partial charge in [-0.25, -0.2) is 0 Å². The van der Waals surface area contributed by atoms with Gasteiger partial charge in [-0.2, -0.15) is 4.98 Å². The van der Waals surface area contributed by atoms with E-state index in [-0.39, 0.29) is 12.1 Å². The van der Waals surface area contributed by atoms with Gasteiger partial charge in [0.05, 0.1) is 17.4 Å². The van der Waals surface area contributed by atoms with Crippen LogP contribution in [0.1, 0.15) is 12.8 Å². The number of nitro benzene ring substituents is 1. The maximum Gasteiger partial charge on any atom is 0.269 e. The molecule has 0 aliphatic rings. The first-order valence-electron chi connectivity index (χ1n) is 5.31. The molecule has 1 heterocycles. The zero-order valence-electron chi connectivity index (χ0n) is 9.61. The topological polar surface area (TPSA) is 102 Å². The fraction of sp³-hybridized carbons (Fsp3) is 0.273. The Morgan fingerprint density at radius 3 is 2.67 bits per heavy atom. The largest absolute Gasteiger partial charge is 0.393 e. The van der Waals surface area contributed by atoms with E-state index < -0.39 is 11.0 Å². The number of aliphatic hydroxyl groups excluding tert-OH is 1. The van der Waals surface area contributed by atoms with Gasteiger partial charge in [-0.1, -0.05) is 5.16 Å². The van der Waals surface area contributed by atoms with E-state index in [1.807, 2.05) is 0 Å². The number of aliphatic hydroxyl groups is 1. The summed E-state index contributed by atoms with van der Waals surface area (Å²) in [5.74, 6) is 0.680. The Hall–Kier alpha value is -2.28. The quantitative estimate of drug-likeness (QED) is 0.651. The Morgan fingerprint density at radius 2 is 2.11 bits per heavy atom. The molecule has 1 N–H and O–H groups in total. The number of rotatable bonds is 4. The molecule has 1 unspecified atom stereocenters. The second-order valence-corrected chi connectivity index (χ2v) is 3.87. The van der Waals surface area contributed by atoms with E-state index in [1.165, 1.54) is 12.1 Å². The second kappa shape index (κ2) is 4.92. The van der Waals surface area contributed by atoms with Gasteiger partial charge < -0.3 is 9.63 Å². The molecule has 0 saturated heterocycles. The number of nitro groups is 1. The van der Waals surface area contributed by atoms with Crippen LogP contribution in [0.25, 0.3) is 11.4 Å². The minimum absolute atomic E-state index is 0.00597. The van der Waals surface area contributed by atoms with Crippen LogP contribution >= 0.6 is 0 Å². The average Bonchev–Trinajstić information content (AvgIpc) is 2.76. The third-order valence-electron chi connectivity index (χ3n) is 2.27. The molecule has 0 radical (unpaired) electrons. The SMILES string of the molecule is CC(O)Cc1nc(-c2ccc([N+](=O)[O-])cc2)no1. The van der Waals surface area contributed by atoms with Crippen LogP contribution in [0.2, 0.25) is 0 Å². The van der Waals surface area contributed by atoms with Gasteiger partial charge in [0.25, 0.3) is 5.69 Å². The normalized spacial score (nSPS) is 12.3. The fourth-order valence-electron chi connectivity index (χ4n) is 1.44. The summed E-state index contributed by atoms with van der Waals surface area (Å²) in [5, 5.41) is 23.4. The maximum atomic E-state index is 10.5. The van der Waals surface area contributed by atoms with Crippen LogP contribution in [-0.4, -0.2) is 26.3 Å². The third-order valence-corrected chi connectivity index (χ3v) is 2.27. The first-order valence-corrected chi connectivity index (χ1v) is 5.31. The molecule has 2 aromatic rings. The van der Waals surface area contributed by atoms with Gasteiger partial charge in [-0.3, -0.25) is 10.1 Å². The molecule has 1 atom stereocenters. The van der Waals surface area contributed by atoms with E-state index in [2.05, 4.69) is 10.1 Å². The van der Waals surface area contributed by atoms with Crippen molar-refractivity contribution in [1.29, 1.82) is 0 Å². The zero-order chi connectivity index (χ0) is 13.1. The summed E-state index contributed by atoms with van der Waals surface area (Å²) in [5.41, 5.74) is 0.632. The molecule has 0 fully saturated rings. The summed E-state index contributed by atoms with van der Waals surface area (Å²) < 4.78 is 4.95. The monoisotopic (exact) mass is 249 g/mol. The number of hydrogen-bond acceptors (Lipinski definition) is 6. The second-order valence-electron chi connectivity index (χ2n) is 3.87. The van der Waals surface area contributed by atoms with Gasteiger partial charge in [0.15, 0.2) is 0 Å². The Bertz CT molecular complexity index is 548. The molecule has 0 saturated carbocycles. The molecular formula is C11H11N3O4. The van der Waals surface area contributed by atoms with Gasteiger partial charge in [0.1, 0.15) is 0 Å². The standard InChI is InChI=1S/C11H11N3O4/c1-7(15)6-10-12-11(13-18-10)8-2-4-9(5-3-8)14(16)17/h2-5,7,15H,6H2,1H3. The molecule has 7 nitrogen and oxygen atoms in total. The van der Waals surface area contributed by atoms with E-state index in [0.29, 0.717) is 17.3 Å². The van der Waals surface area contributed by atoms with Crippen LogP contribution in [-0.2, 0) is 6.42 Å². The van der Waals surface area contributed by atoms with Crippen molar-refractivity contribution in [1.82, 2.24) is 10.1 Å². The summed E-state index contributed by atoms with van der Waals surface area (Å²) in [7, 11) is 0. The minimum Gasteiger partial charge on any atom is -0.393 e. The first-order chi connectivity index (χ1) is 8.56. The Balaban J connectivity index is 2.20. The number of non-ortho nitro benzene ring substituents is 1. The van der Waals surface area contributed by atoms with Gasteiger partial charge in [0.2, 0.25) is 11.7 Å². The molecular weight excluding hydrogens is 238 g/mol. The van der Waals surface area contributed by atoms with E-state index in [4.69, 9.17) is 4.52 Å². The molecule has 7 heteroatoms. The molecule has 0 amide bonds. The van der Waals surface area contributed by atoms with Gasteiger partial charge >= 0.3 is 0 Å². The van der Waals surface area contributed by atoms with Crippen LogP contribution in [0.15, 0.2) is 28.8 Å². The lowest BCUT2D eigenvalue weighted by molar-refractivity contribution is -0.384. The Morgan fingerprint density at radius 1 is 1.44 bits per heavy atom. The highest BCUT2D eigenvalue weighted by Crippen LogP contribution is 2.20. The Kier molecular flexibility index (Phi) is 3.33. The van der Waals surface area contributed by atoms with Crippen LogP contribution in [0, 0.1) is 10.1 Å². The van der Waals surface area contributed by atoms with Gasteiger partial charge in [-0.15, -0.1) is 0 Å². The van der Waals surface area contributed by atoms with E-state index in [1.54, 1.807) is 19.1 Å². The smallest absolute Gasteiger partial charge is 0.269 e. The van der Waals surface area contributed by atoms with E-state index >= 15 is 0 Å². The Labute approximate surface area is 102 Å². The molecule has 0 aliphatic carbocycles. The molecule has 2 rings (SSSR count). The number of hydrogen-bond donors (Lipinski definition) is 1. The lowest BCUT2D eigenvalue weighted by Gasteiger charge is -1.96. The van der Waals surface area contributed by atoms with Crippen molar-refractivity contribution in [3.8, 4) is 11.4 Å². The minimum atomic E-state index is -0.560. The molecule has 0 spiro atoms. The number of benzene rings is 1. The van der Waals surface area contributed by atoms with Crippen LogP contribution in [0.3, 0.4) is 0 Å². The van der Waals surface area contributed by atoms with Crippen molar-refractivity contribution >= 4 is 5.69 Å². The summed E-state index contributed by atoms with van der Waals surface area (Å²) in [6, 6.07) is 5.85. The van der Waals surface area contributed by atoms with Crippen molar-refractivity contribution in [2.45, 2.75) is 19.4 Å². The highest BCUT2D eigenvalue weighted by Gasteiger charge is 2.12. The molecule has 0 bridgehead atoms. The number of aromatic nitrogens is 2. The number of nitrogens with zero attached hydrogens (tertiary/aromatic N) is 3. The highest BCUT2D eigenvalue weighted by atomic mass is 16.6. The first kappa shape index (κ1) is 12.2. The van der Waals surface area contributed by atoms with Crippen molar-refractivity contribution in [2.24, 2.45) is 0 Å².